The van der Waals surface area contributed by atoms with E-state index >= 15 is 0 Å². The minimum Gasteiger partial charge on any atom is -0.376 e. The molecule has 3 rings (SSSR count). The molecule has 3 aromatic rings. The topological polar surface area (TPSA) is 33.1 Å². The van der Waals surface area contributed by atoms with E-state index in [1.807, 2.05) is 54.6 Å². The zero-order chi connectivity index (χ0) is 14.7. The van der Waals surface area contributed by atoms with E-state index in [-0.39, 0.29) is 0 Å². The second kappa shape index (κ2) is 5.68. The van der Waals surface area contributed by atoms with Gasteiger partial charge in [-0.3, -0.25) is 4.98 Å². The highest BCUT2D eigenvalue weighted by Gasteiger charge is 2.33. The van der Waals surface area contributed by atoms with Crippen LogP contribution in [0.25, 0.3) is 0 Å². The molecule has 21 heavy (non-hydrogen) atoms. The molecule has 0 spiro atoms. The first-order valence-electron chi connectivity index (χ1n) is 6.66. The Kier molecular flexibility index (Phi) is 3.74. The number of aromatic nitrogens is 1. The predicted molar refractivity (Wildman–Crippen MR) is 84.2 cm³/mol. The smallest absolute Gasteiger partial charge is 0.140 e. The number of hydrogen-bond donors (Lipinski definition) is 1. The van der Waals surface area contributed by atoms with Gasteiger partial charge in [0.25, 0.3) is 0 Å². The second-order valence-corrected chi connectivity index (χ2v) is 5.26. The summed E-state index contributed by atoms with van der Waals surface area (Å²) in [5.41, 5.74) is 1.11. The number of aliphatic hydroxyl groups is 1. The van der Waals surface area contributed by atoms with Crippen molar-refractivity contribution in [3.05, 3.63) is 101 Å². The van der Waals surface area contributed by atoms with Gasteiger partial charge in [-0.05, 0) is 41.0 Å². The first-order chi connectivity index (χ1) is 10.2. The molecule has 0 unspecified atom stereocenters. The largest absolute Gasteiger partial charge is 0.376 e. The minimum atomic E-state index is -1.23. The average Bonchev–Trinajstić information content (AvgIpc) is 2.56. The monoisotopic (exact) mass is 295 g/mol. The van der Waals surface area contributed by atoms with Crippen LogP contribution in [0.1, 0.15) is 16.7 Å². The quantitative estimate of drug-likeness (QED) is 0.792. The Bertz CT molecular complexity index is 672. The summed E-state index contributed by atoms with van der Waals surface area (Å²) in [6.07, 6.45) is 3.36. The summed E-state index contributed by atoms with van der Waals surface area (Å²) in [5.74, 6) is 0. The van der Waals surface area contributed by atoms with Crippen LogP contribution >= 0.6 is 11.6 Å². The molecule has 0 amide bonds. The summed E-state index contributed by atoms with van der Waals surface area (Å²) in [6, 6.07) is 20.5. The molecule has 1 N–H and O–H groups in total. The highest BCUT2D eigenvalue weighted by atomic mass is 35.5. The molecule has 1 heterocycles. The van der Waals surface area contributed by atoms with Crippen molar-refractivity contribution in [1.29, 1.82) is 0 Å². The van der Waals surface area contributed by atoms with Crippen molar-refractivity contribution >= 4 is 11.6 Å². The predicted octanol–water partition coefficient (Wildman–Crippen LogP) is 4.02. The number of nitrogens with zero attached hydrogens (tertiary/aromatic N) is 1. The summed E-state index contributed by atoms with van der Waals surface area (Å²) in [5, 5.41) is 12.1. The molecular weight excluding hydrogens is 282 g/mol. The van der Waals surface area contributed by atoms with Crippen LogP contribution in [0.15, 0.2) is 79.1 Å². The zero-order valence-electron chi connectivity index (χ0n) is 11.3. The molecule has 0 aliphatic rings. The molecule has 0 saturated carbocycles. The molecule has 2 aromatic carbocycles. The van der Waals surface area contributed by atoms with Gasteiger partial charge in [0.1, 0.15) is 5.60 Å². The lowest BCUT2D eigenvalue weighted by atomic mass is 9.81. The first-order valence-corrected chi connectivity index (χ1v) is 7.03. The maximum Gasteiger partial charge on any atom is 0.140 e. The summed E-state index contributed by atoms with van der Waals surface area (Å²) >= 11 is 5.96. The molecular formula is C18H14ClNO. The third kappa shape index (κ3) is 2.56. The number of pyridine rings is 1. The number of rotatable bonds is 3. The van der Waals surface area contributed by atoms with Gasteiger partial charge >= 0.3 is 0 Å². The van der Waals surface area contributed by atoms with Crippen LogP contribution in [0.5, 0.6) is 0 Å². The molecule has 0 fully saturated rings. The van der Waals surface area contributed by atoms with Crippen molar-refractivity contribution in [2.75, 3.05) is 0 Å². The van der Waals surface area contributed by atoms with Gasteiger partial charge in [-0.1, -0.05) is 54.1 Å². The van der Waals surface area contributed by atoms with Gasteiger partial charge < -0.3 is 5.11 Å². The third-order valence-corrected chi connectivity index (χ3v) is 3.80. The molecule has 3 heteroatoms. The summed E-state index contributed by atoms with van der Waals surface area (Å²) in [6.45, 7) is 0. The van der Waals surface area contributed by atoms with E-state index in [0.29, 0.717) is 5.02 Å². The summed E-state index contributed by atoms with van der Waals surface area (Å²) < 4.78 is 0. The highest BCUT2D eigenvalue weighted by Crippen LogP contribution is 2.36. The molecule has 2 nitrogen and oxygen atoms in total. The van der Waals surface area contributed by atoms with Crippen molar-refractivity contribution in [3.8, 4) is 0 Å². The summed E-state index contributed by atoms with van der Waals surface area (Å²) in [7, 11) is 0. The number of hydrogen-bond acceptors (Lipinski definition) is 2. The molecule has 0 aliphatic carbocycles. The van der Waals surface area contributed by atoms with Crippen molar-refractivity contribution < 1.29 is 5.11 Å². The van der Waals surface area contributed by atoms with Crippen LogP contribution in [0.3, 0.4) is 0 Å². The van der Waals surface area contributed by atoms with Gasteiger partial charge in [-0.15, -0.1) is 0 Å². The lowest BCUT2D eigenvalue weighted by Gasteiger charge is -2.30. The maximum atomic E-state index is 11.4. The van der Waals surface area contributed by atoms with Crippen molar-refractivity contribution in [1.82, 2.24) is 4.98 Å². The molecule has 0 bridgehead atoms. The van der Waals surface area contributed by atoms with Crippen LogP contribution in [0, 0.1) is 0 Å². The normalized spacial score (nSPS) is 13.6. The Morgan fingerprint density at radius 2 is 1.24 bits per heavy atom. The van der Waals surface area contributed by atoms with E-state index < -0.39 is 5.60 Å². The van der Waals surface area contributed by atoms with E-state index in [2.05, 4.69) is 4.98 Å². The fraction of sp³-hybridized carbons (Fsp3) is 0.0556. The van der Waals surface area contributed by atoms with Gasteiger partial charge in [-0.2, -0.15) is 0 Å². The van der Waals surface area contributed by atoms with Gasteiger partial charge in [0, 0.05) is 17.4 Å². The third-order valence-electron chi connectivity index (χ3n) is 3.55. The van der Waals surface area contributed by atoms with Crippen LogP contribution < -0.4 is 0 Å². The Morgan fingerprint density at radius 3 is 1.86 bits per heavy atom. The van der Waals surface area contributed by atoms with E-state index in [0.717, 1.165) is 16.7 Å². The van der Waals surface area contributed by atoms with Crippen molar-refractivity contribution in [2.24, 2.45) is 0 Å². The molecule has 1 atom stereocenters. The van der Waals surface area contributed by atoms with Crippen LogP contribution in [-0.4, -0.2) is 10.1 Å². The van der Waals surface area contributed by atoms with E-state index in [1.165, 1.54) is 0 Å². The lowest BCUT2D eigenvalue weighted by molar-refractivity contribution is 0.125. The molecule has 0 aliphatic heterocycles. The summed E-state index contributed by atoms with van der Waals surface area (Å²) in [4.78, 5) is 4.03. The molecule has 1 aromatic heterocycles. The van der Waals surface area contributed by atoms with E-state index in [4.69, 9.17) is 11.6 Å². The Hall–Kier alpha value is -2.16. The number of halogens is 1. The molecule has 0 saturated heterocycles. The fourth-order valence-corrected chi connectivity index (χ4v) is 2.59. The highest BCUT2D eigenvalue weighted by molar-refractivity contribution is 6.30. The standard InChI is InChI=1S/C18H14ClNO/c19-17-8-6-15(7-9-17)18(21,14-4-2-1-3-5-14)16-10-12-20-13-11-16/h1-13,21H/t18-/m1/s1. The van der Waals surface area contributed by atoms with Crippen LogP contribution in [0.4, 0.5) is 0 Å². The van der Waals surface area contributed by atoms with E-state index in [1.54, 1.807) is 24.5 Å². The van der Waals surface area contributed by atoms with E-state index in [9.17, 15) is 5.11 Å². The number of benzene rings is 2. The first kappa shape index (κ1) is 13.8. The zero-order valence-corrected chi connectivity index (χ0v) is 12.0. The molecule has 0 radical (unpaired) electrons. The van der Waals surface area contributed by atoms with Gasteiger partial charge in [-0.25, -0.2) is 0 Å². The van der Waals surface area contributed by atoms with Gasteiger partial charge in [0.2, 0.25) is 0 Å². The second-order valence-electron chi connectivity index (χ2n) is 4.82. The molecule has 104 valence electrons. The van der Waals surface area contributed by atoms with Crippen LogP contribution in [0.2, 0.25) is 5.02 Å². The maximum absolute atomic E-state index is 11.4. The fourth-order valence-electron chi connectivity index (χ4n) is 2.46. The average molecular weight is 296 g/mol. The van der Waals surface area contributed by atoms with Crippen molar-refractivity contribution in [2.45, 2.75) is 5.60 Å². The lowest BCUT2D eigenvalue weighted by Crippen LogP contribution is -2.28. The Morgan fingerprint density at radius 1 is 0.714 bits per heavy atom. The van der Waals surface area contributed by atoms with Gasteiger partial charge in [0.05, 0.1) is 0 Å². The minimum absolute atomic E-state index is 0.642. The van der Waals surface area contributed by atoms with Crippen LogP contribution in [-0.2, 0) is 5.60 Å². The van der Waals surface area contributed by atoms with Crippen molar-refractivity contribution in [3.63, 3.8) is 0 Å². The SMILES string of the molecule is O[C@@](c1ccccc1)(c1ccncc1)c1ccc(Cl)cc1. The Balaban J connectivity index is 2.23. The van der Waals surface area contributed by atoms with Gasteiger partial charge in [0.15, 0.2) is 0 Å². The Labute approximate surface area is 128 Å².